The average molecular weight is 403 g/mol. The fraction of sp³-hybridized carbons (Fsp3) is 0.174. The summed E-state index contributed by atoms with van der Waals surface area (Å²) in [6, 6.07) is 20.2. The molecule has 2 aromatic carbocycles. The molecule has 0 spiro atoms. The highest BCUT2D eigenvalue weighted by molar-refractivity contribution is 6.09. The molecule has 0 bridgehead atoms. The number of carbonyl (C=O) groups excluding carboxylic acids is 1. The van der Waals surface area contributed by atoms with Gasteiger partial charge in [0.1, 0.15) is 28.9 Å². The highest BCUT2D eigenvalue weighted by atomic mass is 16.5. The van der Waals surface area contributed by atoms with Crippen LogP contribution in [-0.4, -0.2) is 24.3 Å². The molecule has 30 heavy (non-hydrogen) atoms. The molecule has 0 unspecified atom stereocenters. The van der Waals surface area contributed by atoms with Gasteiger partial charge in [0.15, 0.2) is 5.82 Å². The van der Waals surface area contributed by atoms with Crippen molar-refractivity contribution in [3.05, 3.63) is 77.6 Å². The quantitative estimate of drug-likeness (QED) is 0.324. The number of rotatable bonds is 9. The minimum Gasteiger partial charge on any atom is -0.493 e. The van der Waals surface area contributed by atoms with Crippen LogP contribution >= 0.6 is 0 Å². The van der Waals surface area contributed by atoms with Crippen LogP contribution in [0, 0.1) is 18.3 Å². The zero-order valence-corrected chi connectivity index (χ0v) is 16.5. The van der Waals surface area contributed by atoms with Gasteiger partial charge in [-0.1, -0.05) is 35.5 Å². The highest BCUT2D eigenvalue weighted by Gasteiger charge is 2.11. The minimum absolute atomic E-state index is 0.0395. The summed E-state index contributed by atoms with van der Waals surface area (Å²) in [5.41, 5.74) is 0.667. The summed E-state index contributed by atoms with van der Waals surface area (Å²) in [5, 5.41) is 15.5. The first-order valence-electron chi connectivity index (χ1n) is 9.41. The first-order chi connectivity index (χ1) is 14.6. The topological polar surface area (TPSA) is 97.4 Å². The third-order valence-electron chi connectivity index (χ3n) is 4.00. The van der Waals surface area contributed by atoms with Gasteiger partial charge in [-0.05, 0) is 42.8 Å². The third-order valence-corrected chi connectivity index (χ3v) is 4.00. The van der Waals surface area contributed by atoms with E-state index in [0.29, 0.717) is 30.3 Å². The number of nitrogens with zero attached hydrogens (tertiary/aromatic N) is 2. The molecule has 7 heteroatoms. The second-order valence-corrected chi connectivity index (χ2v) is 6.38. The van der Waals surface area contributed by atoms with Crippen LogP contribution in [0.3, 0.4) is 0 Å². The van der Waals surface area contributed by atoms with Crippen molar-refractivity contribution in [1.29, 1.82) is 5.26 Å². The number of benzene rings is 2. The summed E-state index contributed by atoms with van der Waals surface area (Å²) >= 11 is 0. The molecular formula is C23H21N3O4. The Hall–Kier alpha value is -4.05. The second kappa shape index (κ2) is 10.5. The van der Waals surface area contributed by atoms with Crippen LogP contribution in [0.25, 0.3) is 6.08 Å². The van der Waals surface area contributed by atoms with Gasteiger partial charge in [0.05, 0.1) is 13.2 Å². The highest BCUT2D eigenvalue weighted by Crippen LogP contribution is 2.16. The molecule has 0 atom stereocenters. The average Bonchev–Trinajstić information content (AvgIpc) is 3.18. The molecule has 0 aliphatic carbocycles. The number of anilines is 1. The predicted octanol–water partition coefficient (Wildman–Crippen LogP) is 4.38. The Bertz CT molecular complexity index is 1030. The summed E-state index contributed by atoms with van der Waals surface area (Å²) in [4.78, 5) is 12.2. The van der Waals surface area contributed by atoms with Crippen molar-refractivity contribution in [3.8, 4) is 17.6 Å². The Kier molecular flexibility index (Phi) is 7.23. The maximum absolute atomic E-state index is 12.2. The number of nitriles is 1. The number of carbonyl (C=O) groups is 1. The van der Waals surface area contributed by atoms with E-state index in [-0.39, 0.29) is 11.4 Å². The molecule has 3 rings (SSSR count). The van der Waals surface area contributed by atoms with E-state index in [1.807, 2.05) is 36.4 Å². The summed E-state index contributed by atoms with van der Waals surface area (Å²) in [6.45, 7) is 2.80. The minimum atomic E-state index is -0.551. The normalized spacial score (nSPS) is 10.9. The van der Waals surface area contributed by atoms with Crippen LogP contribution in [0.1, 0.15) is 17.7 Å². The number of ether oxygens (including phenoxy) is 2. The predicted molar refractivity (Wildman–Crippen MR) is 112 cm³/mol. The Labute approximate surface area is 174 Å². The number of hydrogen-bond acceptors (Lipinski definition) is 6. The van der Waals surface area contributed by atoms with Crippen LogP contribution in [0.15, 0.2) is 70.8 Å². The van der Waals surface area contributed by atoms with Crippen LogP contribution in [-0.2, 0) is 4.79 Å². The summed E-state index contributed by atoms with van der Waals surface area (Å²) in [5.74, 6) is 1.82. The lowest BCUT2D eigenvalue weighted by atomic mass is 10.1. The fourth-order valence-corrected chi connectivity index (χ4v) is 2.54. The van der Waals surface area contributed by atoms with E-state index in [9.17, 15) is 10.1 Å². The molecule has 0 fully saturated rings. The lowest BCUT2D eigenvalue weighted by molar-refractivity contribution is -0.112. The van der Waals surface area contributed by atoms with Crippen LogP contribution in [0.2, 0.25) is 0 Å². The molecule has 1 amide bonds. The Morgan fingerprint density at radius 3 is 2.37 bits per heavy atom. The molecule has 1 heterocycles. The van der Waals surface area contributed by atoms with Crippen LogP contribution in [0.5, 0.6) is 11.5 Å². The second-order valence-electron chi connectivity index (χ2n) is 6.38. The van der Waals surface area contributed by atoms with Gasteiger partial charge in [0, 0.05) is 12.5 Å². The van der Waals surface area contributed by atoms with E-state index in [1.165, 1.54) is 6.08 Å². The van der Waals surface area contributed by atoms with Crippen LogP contribution in [0.4, 0.5) is 5.82 Å². The van der Waals surface area contributed by atoms with Gasteiger partial charge in [0.2, 0.25) is 0 Å². The summed E-state index contributed by atoms with van der Waals surface area (Å²) in [6.07, 6.45) is 2.25. The fourth-order valence-electron chi connectivity index (χ4n) is 2.54. The third kappa shape index (κ3) is 6.24. The van der Waals surface area contributed by atoms with Crippen molar-refractivity contribution in [1.82, 2.24) is 5.16 Å². The molecule has 0 aliphatic heterocycles. The van der Waals surface area contributed by atoms with Gasteiger partial charge in [0.25, 0.3) is 5.91 Å². The number of nitrogens with one attached hydrogen (secondary N) is 1. The van der Waals surface area contributed by atoms with Gasteiger partial charge >= 0.3 is 0 Å². The molecule has 7 nitrogen and oxygen atoms in total. The number of aryl methyl sites for hydroxylation is 1. The molecule has 0 saturated carbocycles. The molecular weight excluding hydrogens is 382 g/mol. The molecule has 0 radical (unpaired) electrons. The van der Waals surface area contributed by atoms with Gasteiger partial charge in [-0.25, -0.2) is 0 Å². The smallest absolute Gasteiger partial charge is 0.267 e. The molecule has 1 N–H and O–H groups in total. The van der Waals surface area contributed by atoms with Gasteiger partial charge in [-0.3, -0.25) is 4.79 Å². The van der Waals surface area contributed by atoms with Crippen molar-refractivity contribution in [2.75, 3.05) is 18.5 Å². The molecule has 0 aliphatic rings. The van der Waals surface area contributed by atoms with Crippen molar-refractivity contribution < 1.29 is 18.8 Å². The lowest BCUT2D eigenvalue weighted by Crippen LogP contribution is -2.13. The number of hydrogen-bond donors (Lipinski definition) is 1. The zero-order chi connectivity index (χ0) is 21.2. The molecule has 1 aromatic heterocycles. The van der Waals surface area contributed by atoms with E-state index < -0.39 is 5.91 Å². The number of amides is 1. The maximum Gasteiger partial charge on any atom is 0.267 e. The Balaban J connectivity index is 1.47. The number of aromatic nitrogens is 1. The standard InChI is InChI=1S/C23H21N3O4/c1-17-14-22(26-30-17)25-23(27)19(16-24)15-18-8-10-21(11-9-18)29-13-5-12-28-20-6-3-2-4-7-20/h2-4,6-11,14-15H,5,12-13H2,1H3,(H,25,26,27)/b19-15-. The summed E-state index contributed by atoms with van der Waals surface area (Å²) < 4.78 is 16.2. The molecule has 0 saturated heterocycles. The zero-order valence-electron chi connectivity index (χ0n) is 16.5. The Morgan fingerprint density at radius 1 is 1.10 bits per heavy atom. The van der Waals surface area contributed by atoms with Crippen LogP contribution < -0.4 is 14.8 Å². The van der Waals surface area contributed by atoms with Crippen molar-refractivity contribution in [2.45, 2.75) is 13.3 Å². The van der Waals surface area contributed by atoms with Crippen molar-refractivity contribution in [2.24, 2.45) is 0 Å². The number of para-hydroxylation sites is 1. The van der Waals surface area contributed by atoms with Gasteiger partial charge < -0.3 is 19.3 Å². The van der Waals surface area contributed by atoms with E-state index in [0.717, 1.165) is 12.2 Å². The van der Waals surface area contributed by atoms with E-state index in [2.05, 4.69) is 10.5 Å². The lowest BCUT2D eigenvalue weighted by Gasteiger charge is -2.08. The molecule has 3 aromatic rings. The monoisotopic (exact) mass is 403 g/mol. The van der Waals surface area contributed by atoms with Gasteiger partial charge in [-0.2, -0.15) is 5.26 Å². The van der Waals surface area contributed by atoms with Crippen molar-refractivity contribution >= 4 is 17.8 Å². The summed E-state index contributed by atoms with van der Waals surface area (Å²) in [7, 11) is 0. The van der Waals surface area contributed by atoms with E-state index in [1.54, 1.807) is 37.3 Å². The maximum atomic E-state index is 12.2. The first kappa shape index (κ1) is 20.7. The SMILES string of the molecule is Cc1cc(NC(=O)/C(C#N)=C\c2ccc(OCCCOc3ccccc3)cc2)no1. The first-order valence-corrected chi connectivity index (χ1v) is 9.41. The largest absolute Gasteiger partial charge is 0.493 e. The van der Waals surface area contributed by atoms with E-state index in [4.69, 9.17) is 14.0 Å². The Morgan fingerprint density at radius 2 is 1.77 bits per heavy atom. The molecule has 152 valence electrons. The van der Waals surface area contributed by atoms with Crippen molar-refractivity contribution in [3.63, 3.8) is 0 Å². The van der Waals surface area contributed by atoms with Gasteiger partial charge in [-0.15, -0.1) is 0 Å². The van der Waals surface area contributed by atoms with E-state index >= 15 is 0 Å².